The van der Waals surface area contributed by atoms with E-state index >= 15 is 0 Å². The van der Waals surface area contributed by atoms with E-state index in [1.165, 1.54) is 11.3 Å². The third-order valence-electron chi connectivity index (χ3n) is 7.53. The molecule has 4 rings (SSSR count). The average molecular weight is 543 g/mol. The van der Waals surface area contributed by atoms with Gasteiger partial charge in [-0.25, -0.2) is 4.98 Å². The summed E-state index contributed by atoms with van der Waals surface area (Å²) < 4.78 is 6.11. The van der Waals surface area contributed by atoms with Crippen molar-refractivity contribution in [2.24, 2.45) is 0 Å². The number of nitrogens with zero attached hydrogens (tertiary/aromatic N) is 4. The highest BCUT2D eigenvalue weighted by Crippen LogP contribution is 2.25. The van der Waals surface area contributed by atoms with Crippen molar-refractivity contribution in [3.63, 3.8) is 0 Å². The molecule has 1 amide bonds. The molecule has 7 heteroatoms. The number of likely N-dealkylation sites (tertiary alicyclic amines) is 1. The first-order valence-electron chi connectivity index (χ1n) is 14.2. The maximum Gasteiger partial charge on any atom is 0.223 e. The van der Waals surface area contributed by atoms with Crippen LogP contribution in [0.3, 0.4) is 0 Å². The number of piperidine rings is 1. The van der Waals surface area contributed by atoms with Crippen LogP contribution in [0.1, 0.15) is 44.1 Å². The SMILES string of the molecule is CN(C)c1ccc(CCCC(=O)CCC(=O)N2CCC(Oc3ccc(-c4ccc(N(C)C)cc4)cn3)CC2)cc1. The third-order valence-corrected chi connectivity index (χ3v) is 7.53. The van der Waals surface area contributed by atoms with Crippen LogP contribution in [0.5, 0.6) is 5.88 Å². The quantitative estimate of drug-likeness (QED) is 0.296. The molecule has 0 aliphatic carbocycles. The second-order valence-electron chi connectivity index (χ2n) is 11.0. The van der Waals surface area contributed by atoms with Crippen LogP contribution in [0.4, 0.5) is 11.4 Å². The highest BCUT2D eigenvalue weighted by Gasteiger charge is 2.24. The molecular weight excluding hydrogens is 500 g/mol. The fourth-order valence-corrected chi connectivity index (χ4v) is 4.95. The van der Waals surface area contributed by atoms with E-state index in [-0.39, 0.29) is 17.8 Å². The number of aryl methyl sites for hydroxylation is 1. The number of ether oxygens (including phenoxy) is 1. The van der Waals surface area contributed by atoms with E-state index < -0.39 is 0 Å². The van der Waals surface area contributed by atoms with Crippen molar-refractivity contribution in [3.8, 4) is 17.0 Å². The summed E-state index contributed by atoms with van der Waals surface area (Å²) in [4.78, 5) is 35.6. The number of hydrogen-bond donors (Lipinski definition) is 0. The van der Waals surface area contributed by atoms with Gasteiger partial charge in [-0.1, -0.05) is 24.3 Å². The molecule has 0 N–H and O–H groups in total. The minimum absolute atomic E-state index is 0.0372. The van der Waals surface area contributed by atoms with Gasteiger partial charge in [-0.3, -0.25) is 9.59 Å². The Bertz CT molecular complexity index is 1230. The van der Waals surface area contributed by atoms with E-state index in [2.05, 4.69) is 63.3 Å². The lowest BCUT2D eigenvalue weighted by Crippen LogP contribution is -2.41. The van der Waals surface area contributed by atoms with E-state index in [0.29, 0.717) is 38.2 Å². The number of ketones is 1. The normalized spacial score (nSPS) is 13.7. The molecule has 0 radical (unpaired) electrons. The van der Waals surface area contributed by atoms with Crippen molar-refractivity contribution in [2.45, 2.75) is 51.0 Å². The van der Waals surface area contributed by atoms with Gasteiger partial charge >= 0.3 is 0 Å². The molecule has 1 aliphatic heterocycles. The molecular formula is C33H42N4O3. The Labute approximate surface area is 238 Å². The standard InChI is InChI=1S/C33H42N4O3/c1-35(2)28-13-8-25(9-14-28)6-5-7-30(38)17-19-33(39)37-22-20-31(21-23-37)40-32-18-12-27(24-34-32)26-10-15-29(16-11-26)36(3)4/h8-16,18,24,31H,5-7,17,19-23H2,1-4H3. The molecule has 0 bridgehead atoms. The number of carbonyl (C=O) groups excluding carboxylic acids is 2. The molecule has 3 aromatic rings. The number of aromatic nitrogens is 1. The van der Waals surface area contributed by atoms with Gasteiger partial charge in [0.05, 0.1) is 0 Å². The molecule has 1 saturated heterocycles. The minimum atomic E-state index is 0.0372. The summed E-state index contributed by atoms with van der Waals surface area (Å²) in [7, 11) is 8.10. The molecule has 0 saturated carbocycles. The number of carbonyl (C=O) groups is 2. The van der Waals surface area contributed by atoms with Crippen LogP contribution in [-0.2, 0) is 16.0 Å². The van der Waals surface area contributed by atoms with Crippen LogP contribution in [0.2, 0.25) is 0 Å². The lowest BCUT2D eigenvalue weighted by molar-refractivity contribution is -0.134. The van der Waals surface area contributed by atoms with Crippen LogP contribution < -0.4 is 14.5 Å². The number of amides is 1. The number of benzene rings is 2. The Morgan fingerprint density at radius 1 is 0.800 bits per heavy atom. The summed E-state index contributed by atoms with van der Waals surface area (Å²) in [6, 6.07) is 20.8. The molecule has 1 aromatic heterocycles. The van der Waals surface area contributed by atoms with Gasteiger partial charge in [-0.15, -0.1) is 0 Å². The molecule has 212 valence electrons. The summed E-state index contributed by atoms with van der Waals surface area (Å²) in [6.45, 7) is 1.30. The van der Waals surface area contributed by atoms with Crippen LogP contribution >= 0.6 is 0 Å². The van der Waals surface area contributed by atoms with Gasteiger partial charge in [0.2, 0.25) is 11.8 Å². The molecule has 0 unspecified atom stereocenters. The fourth-order valence-electron chi connectivity index (χ4n) is 4.95. The molecule has 1 aliphatic rings. The first kappa shape index (κ1) is 29.1. The Balaban J connectivity index is 1.13. The van der Waals surface area contributed by atoms with Gasteiger partial charge in [0.15, 0.2) is 0 Å². The zero-order valence-electron chi connectivity index (χ0n) is 24.3. The molecule has 2 aromatic carbocycles. The van der Waals surface area contributed by atoms with Gasteiger partial charge in [0, 0.05) is 103 Å². The third kappa shape index (κ3) is 8.31. The van der Waals surface area contributed by atoms with E-state index in [9.17, 15) is 9.59 Å². The number of anilines is 2. The van der Waals surface area contributed by atoms with Crippen molar-refractivity contribution in [1.29, 1.82) is 0 Å². The Hall–Kier alpha value is -3.87. The number of hydrogen-bond acceptors (Lipinski definition) is 6. The van der Waals surface area contributed by atoms with Crippen molar-refractivity contribution in [3.05, 3.63) is 72.4 Å². The first-order valence-corrected chi connectivity index (χ1v) is 14.2. The van der Waals surface area contributed by atoms with E-state index in [1.54, 1.807) is 0 Å². The second-order valence-corrected chi connectivity index (χ2v) is 11.0. The monoisotopic (exact) mass is 542 g/mol. The highest BCUT2D eigenvalue weighted by atomic mass is 16.5. The molecule has 1 fully saturated rings. The van der Waals surface area contributed by atoms with Gasteiger partial charge in [-0.05, 0) is 54.3 Å². The van der Waals surface area contributed by atoms with E-state index in [4.69, 9.17) is 4.74 Å². The van der Waals surface area contributed by atoms with Gasteiger partial charge in [0.1, 0.15) is 11.9 Å². The van der Waals surface area contributed by atoms with Crippen LogP contribution in [0.25, 0.3) is 11.1 Å². The number of rotatable bonds is 12. The van der Waals surface area contributed by atoms with Crippen LogP contribution in [0.15, 0.2) is 66.9 Å². The Morgan fingerprint density at radius 2 is 1.40 bits per heavy atom. The largest absolute Gasteiger partial charge is 0.474 e. The molecule has 40 heavy (non-hydrogen) atoms. The minimum Gasteiger partial charge on any atom is -0.474 e. The van der Waals surface area contributed by atoms with E-state index in [0.717, 1.165) is 42.5 Å². The average Bonchev–Trinajstić information content (AvgIpc) is 2.97. The van der Waals surface area contributed by atoms with Crippen molar-refractivity contribution >= 4 is 23.1 Å². The second kappa shape index (κ2) is 14.0. The Kier molecular flexibility index (Phi) is 10.2. The van der Waals surface area contributed by atoms with Crippen molar-refractivity contribution in [2.75, 3.05) is 51.1 Å². The lowest BCUT2D eigenvalue weighted by atomic mass is 10.0. The van der Waals surface area contributed by atoms with Crippen LogP contribution in [0, 0.1) is 0 Å². The summed E-state index contributed by atoms with van der Waals surface area (Å²) in [5.74, 6) is 0.839. The molecule has 2 heterocycles. The predicted molar refractivity (Wildman–Crippen MR) is 162 cm³/mol. The van der Waals surface area contributed by atoms with Crippen molar-refractivity contribution in [1.82, 2.24) is 9.88 Å². The summed E-state index contributed by atoms with van der Waals surface area (Å²) in [6.07, 6.45) is 6.24. The van der Waals surface area contributed by atoms with Crippen molar-refractivity contribution < 1.29 is 14.3 Å². The maximum atomic E-state index is 12.7. The van der Waals surface area contributed by atoms with Gasteiger partial charge in [0.25, 0.3) is 0 Å². The predicted octanol–water partition coefficient (Wildman–Crippen LogP) is 5.62. The summed E-state index contributed by atoms with van der Waals surface area (Å²) in [5.41, 5.74) is 5.73. The molecule has 7 nitrogen and oxygen atoms in total. The summed E-state index contributed by atoms with van der Waals surface area (Å²) >= 11 is 0. The number of Topliss-reactive ketones (excluding diaryl/α,β-unsaturated/α-hetero) is 1. The lowest BCUT2D eigenvalue weighted by Gasteiger charge is -2.32. The maximum absolute atomic E-state index is 12.7. The van der Waals surface area contributed by atoms with Crippen LogP contribution in [-0.4, -0.2) is 69.0 Å². The zero-order chi connectivity index (χ0) is 28.5. The molecule has 0 atom stereocenters. The topological polar surface area (TPSA) is 66.0 Å². The zero-order valence-corrected chi connectivity index (χ0v) is 24.3. The van der Waals surface area contributed by atoms with E-state index in [1.807, 2.05) is 51.4 Å². The molecule has 0 spiro atoms. The van der Waals surface area contributed by atoms with Gasteiger partial charge < -0.3 is 19.4 Å². The summed E-state index contributed by atoms with van der Waals surface area (Å²) in [5, 5.41) is 0. The fraction of sp³-hybridized carbons (Fsp3) is 0.424. The Morgan fingerprint density at radius 3 is 1.98 bits per heavy atom. The number of pyridine rings is 1. The smallest absolute Gasteiger partial charge is 0.223 e. The van der Waals surface area contributed by atoms with Gasteiger partial charge in [-0.2, -0.15) is 0 Å². The first-order chi connectivity index (χ1) is 19.3. The highest BCUT2D eigenvalue weighted by molar-refractivity contribution is 5.85.